The molecule has 1 atom stereocenters. The maximum absolute atomic E-state index is 6.23. The Morgan fingerprint density at radius 2 is 1.96 bits per heavy atom. The molecule has 3 heteroatoms. The highest BCUT2D eigenvalue weighted by atomic mass is 35.5. The molecule has 2 aliphatic rings. The van der Waals surface area contributed by atoms with Gasteiger partial charge in [-0.05, 0) is 74.5 Å². The lowest BCUT2D eigenvalue weighted by Gasteiger charge is -2.50. The fraction of sp³-hybridized carbons (Fsp3) is 0.478. The third kappa shape index (κ3) is 3.50. The van der Waals surface area contributed by atoms with Gasteiger partial charge >= 0.3 is 0 Å². The molecule has 1 aliphatic carbocycles. The van der Waals surface area contributed by atoms with Crippen LogP contribution < -0.4 is 4.74 Å². The van der Waals surface area contributed by atoms with Crippen molar-refractivity contribution in [2.45, 2.75) is 57.6 Å². The standard InChI is InChI=1S/C23H28ClNO/c1-2-25-14-6-5-12-23(25)13-11-18-15-21(10-9-19(18)16-23)26-17-20-7-3-4-8-22(20)24/h3-4,7-10,15H,2,5-6,11-14,16-17H2,1H3. The predicted molar refractivity (Wildman–Crippen MR) is 108 cm³/mol. The van der Waals surface area contributed by atoms with Crippen LogP contribution >= 0.6 is 11.6 Å². The molecule has 1 heterocycles. The van der Waals surface area contributed by atoms with Crippen LogP contribution in [-0.4, -0.2) is 23.5 Å². The van der Waals surface area contributed by atoms with E-state index in [2.05, 4.69) is 30.0 Å². The third-order valence-corrected chi connectivity index (χ3v) is 6.65. The monoisotopic (exact) mass is 369 g/mol. The van der Waals surface area contributed by atoms with Crippen LogP contribution in [0.4, 0.5) is 0 Å². The number of piperidine rings is 1. The van der Waals surface area contributed by atoms with Crippen molar-refractivity contribution in [2.75, 3.05) is 13.1 Å². The number of likely N-dealkylation sites (tertiary alicyclic amines) is 1. The van der Waals surface area contributed by atoms with Crippen LogP contribution in [0.15, 0.2) is 42.5 Å². The van der Waals surface area contributed by atoms with Gasteiger partial charge < -0.3 is 4.74 Å². The van der Waals surface area contributed by atoms with E-state index in [9.17, 15) is 0 Å². The third-order valence-electron chi connectivity index (χ3n) is 6.28. The summed E-state index contributed by atoms with van der Waals surface area (Å²) in [5.41, 5.74) is 4.42. The number of hydrogen-bond acceptors (Lipinski definition) is 2. The normalized spacial score (nSPS) is 23.0. The lowest BCUT2D eigenvalue weighted by molar-refractivity contribution is 0.0389. The highest BCUT2D eigenvalue weighted by Crippen LogP contribution is 2.40. The Hall–Kier alpha value is -1.51. The lowest BCUT2D eigenvalue weighted by Crippen LogP contribution is -2.54. The summed E-state index contributed by atoms with van der Waals surface area (Å²) in [6.07, 6.45) is 7.73. The smallest absolute Gasteiger partial charge is 0.120 e. The Bertz CT molecular complexity index is 775. The maximum Gasteiger partial charge on any atom is 0.120 e. The topological polar surface area (TPSA) is 12.5 Å². The lowest BCUT2D eigenvalue weighted by atomic mass is 9.72. The summed E-state index contributed by atoms with van der Waals surface area (Å²) in [6, 6.07) is 14.6. The molecule has 2 nitrogen and oxygen atoms in total. The van der Waals surface area contributed by atoms with E-state index in [1.807, 2.05) is 24.3 Å². The molecule has 1 unspecified atom stereocenters. The Kier molecular flexibility index (Phi) is 5.24. The van der Waals surface area contributed by atoms with Crippen LogP contribution in [0.2, 0.25) is 5.02 Å². The van der Waals surface area contributed by atoms with E-state index in [0.29, 0.717) is 12.1 Å². The van der Waals surface area contributed by atoms with Gasteiger partial charge in [0.25, 0.3) is 0 Å². The molecule has 138 valence electrons. The van der Waals surface area contributed by atoms with Crippen LogP contribution in [0.25, 0.3) is 0 Å². The molecule has 0 bridgehead atoms. The van der Waals surface area contributed by atoms with Crippen molar-refractivity contribution in [2.24, 2.45) is 0 Å². The van der Waals surface area contributed by atoms with Crippen LogP contribution in [0.5, 0.6) is 5.75 Å². The van der Waals surface area contributed by atoms with E-state index in [-0.39, 0.29) is 0 Å². The number of nitrogens with zero attached hydrogens (tertiary/aromatic N) is 1. The zero-order valence-corrected chi connectivity index (χ0v) is 16.4. The molecule has 1 spiro atoms. The first kappa shape index (κ1) is 17.9. The number of hydrogen-bond donors (Lipinski definition) is 0. The van der Waals surface area contributed by atoms with Crippen LogP contribution in [0.3, 0.4) is 0 Å². The largest absolute Gasteiger partial charge is 0.489 e. The second kappa shape index (κ2) is 7.62. The average molecular weight is 370 g/mol. The molecule has 1 aliphatic heterocycles. The van der Waals surface area contributed by atoms with E-state index >= 15 is 0 Å². The van der Waals surface area contributed by atoms with E-state index < -0.39 is 0 Å². The van der Waals surface area contributed by atoms with E-state index in [1.54, 1.807) is 0 Å². The number of likely N-dealkylation sites (N-methyl/N-ethyl adjacent to an activating group) is 1. The zero-order chi connectivity index (χ0) is 18.0. The van der Waals surface area contributed by atoms with Gasteiger partial charge in [-0.3, -0.25) is 4.90 Å². The Morgan fingerprint density at radius 3 is 2.81 bits per heavy atom. The van der Waals surface area contributed by atoms with Crippen molar-refractivity contribution in [3.05, 3.63) is 64.2 Å². The van der Waals surface area contributed by atoms with Crippen LogP contribution in [0, 0.1) is 0 Å². The molecule has 0 saturated carbocycles. The minimum absolute atomic E-state index is 0.403. The fourth-order valence-corrected chi connectivity index (χ4v) is 5.00. The van der Waals surface area contributed by atoms with Gasteiger partial charge in [-0.1, -0.05) is 49.2 Å². The van der Waals surface area contributed by atoms with Gasteiger partial charge in [0.05, 0.1) is 0 Å². The molecule has 2 aromatic rings. The SMILES string of the molecule is CCN1CCCCC12CCc1cc(OCc3ccccc3Cl)ccc1C2. The van der Waals surface area contributed by atoms with Crippen molar-refractivity contribution in [3.8, 4) is 5.75 Å². The van der Waals surface area contributed by atoms with Gasteiger partial charge in [0.2, 0.25) is 0 Å². The maximum atomic E-state index is 6.23. The summed E-state index contributed by atoms with van der Waals surface area (Å²) in [5, 5.41) is 0.768. The number of ether oxygens (including phenoxy) is 1. The molecule has 0 N–H and O–H groups in total. The molecule has 1 fully saturated rings. The van der Waals surface area contributed by atoms with Gasteiger partial charge in [-0.15, -0.1) is 0 Å². The summed E-state index contributed by atoms with van der Waals surface area (Å²) in [7, 11) is 0. The average Bonchev–Trinajstić information content (AvgIpc) is 2.68. The van der Waals surface area contributed by atoms with Gasteiger partial charge in [0.15, 0.2) is 0 Å². The number of aryl methyl sites for hydroxylation is 1. The van der Waals surface area contributed by atoms with Crippen molar-refractivity contribution in [1.29, 1.82) is 0 Å². The van der Waals surface area contributed by atoms with Crippen LogP contribution in [0.1, 0.15) is 49.3 Å². The number of fused-ring (bicyclic) bond motifs is 1. The van der Waals surface area contributed by atoms with Crippen molar-refractivity contribution < 1.29 is 4.74 Å². The Morgan fingerprint density at radius 1 is 1.08 bits per heavy atom. The Balaban J connectivity index is 1.48. The van der Waals surface area contributed by atoms with Gasteiger partial charge in [0, 0.05) is 16.1 Å². The molecule has 4 rings (SSSR count). The zero-order valence-electron chi connectivity index (χ0n) is 15.6. The molecule has 26 heavy (non-hydrogen) atoms. The van der Waals surface area contributed by atoms with Crippen molar-refractivity contribution in [3.63, 3.8) is 0 Å². The molecular formula is C23H28ClNO. The highest BCUT2D eigenvalue weighted by Gasteiger charge is 2.40. The molecule has 0 amide bonds. The Labute approximate surface area is 162 Å². The minimum atomic E-state index is 0.403. The fourth-order valence-electron chi connectivity index (χ4n) is 4.81. The van der Waals surface area contributed by atoms with Crippen LogP contribution in [-0.2, 0) is 19.4 Å². The van der Waals surface area contributed by atoms with Gasteiger partial charge in [0.1, 0.15) is 12.4 Å². The highest BCUT2D eigenvalue weighted by molar-refractivity contribution is 6.31. The first-order chi connectivity index (χ1) is 12.7. The van der Waals surface area contributed by atoms with E-state index in [4.69, 9.17) is 16.3 Å². The number of rotatable bonds is 4. The van der Waals surface area contributed by atoms with Gasteiger partial charge in [-0.25, -0.2) is 0 Å². The molecule has 0 aromatic heterocycles. The first-order valence-electron chi connectivity index (χ1n) is 9.93. The van der Waals surface area contributed by atoms with Gasteiger partial charge in [-0.2, -0.15) is 0 Å². The van der Waals surface area contributed by atoms with Crippen molar-refractivity contribution >= 4 is 11.6 Å². The summed E-state index contributed by atoms with van der Waals surface area (Å²) in [5.74, 6) is 0.954. The summed E-state index contributed by atoms with van der Waals surface area (Å²) >= 11 is 6.23. The molecular weight excluding hydrogens is 342 g/mol. The van der Waals surface area contributed by atoms with E-state index in [0.717, 1.165) is 22.8 Å². The predicted octanol–water partition coefficient (Wildman–Crippen LogP) is 5.65. The summed E-state index contributed by atoms with van der Waals surface area (Å²) in [6.45, 7) is 5.28. The second-order valence-electron chi connectivity index (χ2n) is 7.75. The summed E-state index contributed by atoms with van der Waals surface area (Å²) in [4.78, 5) is 2.74. The number of halogens is 1. The van der Waals surface area contributed by atoms with Crippen molar-refractivity contribution in [1.82, 2.24) is 4.90 Å². The molecule has 0 radical (unpaired) electrons. The molecule has 1 saturated heterocycles. The quantitative estimate of drug-likeness (QED) is 0.690. The summed E-state index contributed by atoms with van der Waals surface area (Å²) < 4.78 is 6.02. The second-order valence-corrected chi connectivity index (χ2v) is 8.16. The number of benzene rings is 2. The first-order valence-corrected chi connectivity index (χ1v) is 10.3. The minimum Gasteiger partial charge on any atom is -0.489 e. The molecule has 2 aromatic carbocycles. The van der Waals surface area contributed by atoms with E-state index in [1.165, 1.54) is 56.3 Å².